The van der Waals surface area contributed by atoms with Crippen LogP contribution in [0.5, 0.6) is 0 Å². The van der Waals surface area contributed by atoms with Gasteiger partial charge in [0.25, 0.3) is 0 Å². The number of hydrogen-bond donors (Lipinski definition) is 0. The smallest absolute Gasteiger partial charge is 0.0721 e. The largest absolute Gasteiger partial charge is 0.373 e. The molecule has 20 heavy (non-hydrogen) atoms. The van der Waals surface area contributed by atoms with Crippen molar-refractivity contribution in [1.82, 2.24) is 0 Å². The normalized spacial score (nSPS) is 11.0. The maximum atomic E-state index is 5.60. The molecular weight excluding hydrogens is 244 g/mol. The van der Waals surface area contributed by atoms with Crippen LogP contribution in [-0.2, 0) is 17.8 Å². The van der Waals surface area contributed by atoms with Gasteiger partial charge in [0.05, 0.1) is 13.2 Å². The molecule has 0 heterocycles. The van der Waals surface area contributed by atoms with Crippen LogP contribution in [-0.4, -0.2) is 6.61 Å². The molecule has 1 heteroatoms. The molecule has 0 saturated heterocycles. The number of unbranched alkanes of at least 4 members (excludes halogenated alkanes) is 1. The van der Waals surface area contributed by atoms with E-state index in [-0.39, 0.29) is 0 Å². The third kappa shape index (κ3) is 5.85. The fourth-order valence-corrected chi connectivity index (χ4v) is 2.07. The van der Waals surface area contributed by atoms with Crippen molar-refractivity contribution in [1.29, 1.82) is 0 Å². The summed E-state index contributed by atoms with van der Waals surface area (Å²) in [5, 5.41) is 0. The monoisotopic (exact) mass is 266 g/mol. The molecule has 0 unspecified atom stereocenters. The van der Waals surface area contributed by atoms with Gasteiger partial charge in [0.1, 0.15) is 0 Å². The highest BCUT2D eigenvalue weighted by molar-refractivity contribution is 5.15. The summed E-state index contributed by atoms with van der Waals surface area (Å²) >= 11 is 0. The summed E-state index contributed by atoms with van der Waals surface area (Å²) in [5.74, 6) is 0. The van der Waals surface area contributed by atoms with E-state index in [4.69, 9.17) is 4.74 Å². The van der Waals surface area contributed by atoms with Gasteiger partial charge in [-0.05, 0) is 30.4 Å². The van der Waals surface area contributed by atoms with E-state index in [1.807, 2.05) is 18.2 Å². The Hall–Kier alpha value is -1.86. The summed E-state index contributed by atoms with van der Waals surface area (Å²) < 4.78 is 5.60. The molecule has 0 aliphatic carbocycles. The van der Waals surface area contributed by atoms with Crippen LogP contribution in [0, 0.1) is 0 Å². The van der Waals surface area contributed by atoms with E-state index < -0.39 is 0 Å². The van der Waals surface area contributed by atoms with Gasteiger partial charge in [-0.1, -0.05) is 72.8 Å². The Balaban J connectivity index is 1.52. The number of aryl methyl sites for hydroxylation is 1. The molecule has 2 aromatic carbocycles. The van der Waals surface area contributed by atoms with Gasteiger partial charge in [0.15, 0.2) is 0 Å². The quantitative estimate of drug-likeness (QED) is 0.493. The maximum Gasteiger partial charge on any atom is 0.0721 e. The molecule has 2 aromatic rings. The third-order valence-corrected chi connectivity index (χ3v) is 3.17. The second-order valence-electron chi connectivity index (χ2n) is 4.85. The lowest BCUT2D eigenvalue weighted by atomic mass is 10.1. The zero-order valence-corrected chi connectivity index (χ0v) is 11.9. The van der Waals surface area contributed by atoms with Crippen LogP contribution in [0.1, 0.15) is 24.0 Å². The zero-order valence-electron chi connectivity index (χ0n) is 11.9. The lowest BCUT2D eigenvalue weighted by molar-refractivity contribution is 0.148. The van der Waals surface area contributed by atoms with Gasteiger partial charge < -0.3 is 4.74 Å². The van der Waals surface area contributed by atoms with E-state index in [1.165, 1.54) is 17.5 Å². The van der Waals surface area contributed by atoms with Crippen LogP contribution in [0.25, 0.3) is 0 Å². The third-order valence-electron chi connectivity index (χ3n) is 3.17. The maximum absolute atomic E-state index is 5.60. The van der Waals surface area contributed by atoms with Crippen molar-refractivity contribution in [2.75, 3.05) is 6.61 Å². The molecule has 0 N–H and O–H groups in total. The molecule has 0 spiro atoms. The van der Waals surface area contributed by atoms with Gasteiger partial charge in [-0.2, -0.15) is 0 Å². The minimum Gasteiger partial charge on any atom is -0.373 e. The Kier molecular flexibility index (Phi) is 6.63. The molecule has 2 rings (SSSR count). The number of allylic oxidation sites excluding steroid dienone is 1. The summed E-state index contributed by atoms with van der Waals surface area (Å²) in [6, 6.07) is 20.9. The Morgan fingerprint density at radius 3 is 2.10 bits per heavy atom. The van der Waals surface area contributed by atoms with Gasteiger partial charge in [-0.3, -0.25) is 0 Å². The van der Waals surface area contributed by atoms with Crippen molar-refractivity contribution in [3.8, 4) is 0 Å². The standard InChI is InChI=1S/C19H22O/c1(5-11-18-12-6-3-7-13-18)2-10-16-20-17-19-14-8-4-9-15-19/h2-4,6-10,12-15H,1,5,11,16-17H2/b10-2+. The lowest BCUT2D eigenvalue weighted by Gasteiger charge is -2.01. The van der Waals surface area contributed by atoms with E-state index >= 15 is 0 Å². The Bertz CT molecular complexity index is 440. The van der Waals surface area contributed by atoms with Crippen LogP contribution >= 0.6 is 0 Å². The SMILES string of the molecule is C(=C\COCc1ccccc1)/CCCc1ccccc1. The van der Waals surface area contributed by atoms with Gasteiger partial charge in [0, 0.05) is 0 Å². The minimum absolute atomic E-state index is 0.690. The van der Waals surface area contributed by atoms with Crippen LogP contribution in [0.15, 0.2) is 72.8 Å². The van der Waals surface area contributed by atoms with Crippen molar-refractivity contribution < 1.29 is 4.74 Å². The first-order valence-corrected chi connectivity index (χ1v) is 7.26. The Labute approximate surface area is 121 Å². The molecule has 0 aliphatic rings. The van der Waals surface area contributed by atoms with Crippen LogP contribution < -0.4 is 0 Å². The van der Waals surface area contributed by atoms with Crippen molar-refractivity contribution in [2.24, 2.45) is 0 Å². The molecule has 0 amide bonds. The molecular formula is C19H22O. The second kappa shape index (κ2) is 9.11. The van der Waals surface area contributed by atoms with E-state index in [9.17, 15) is 0 Å². The summed E-state index contributed by atoms with van der Waals surface area (Å²) in [4.78, 5) is 0. The van der Waals surface area contributed by atoms with Gasteiger partial charge in [-0.25, -0.2) is 0 Å². The van der Waals surface area contributed by atoms with Gasteiger partial charge in [-0.15, -0.1) is 0 Å². The highest BCUT2D eigenvalue weighted by Gasteiger charge is 1.91. The molecule has 104 valence electrons. The van der Waals surface area contributed by atoms with Gasteiger partial charge >= 0.3 is 0 Å². The molecule has 0 saturated carbocycles. The number of ether oxygens (including phenoxy) is 1. The van der Waals surface area contributed by atoms with Crippen LogP contribution in [0.2, 0.25) is 0 Å². The molecule has 0 fully saturated rings. The summed E-state index contributed by atoms with van der Waals surface area (Å²) in [6.45, 7) is 1.38. The average molecular weight is 266 g/mol. The first-order chi connectivity index (χ1) is 9.95. The van der Waals surface area contributed by atoms with Gasteiger partial charge in [0.2, 0.25) is 0 Å². The molecule has 0 radical (unpaired) electrons. The topological polar surface area (TPSA) is 9.23 Å². The minimum atomic E-state index is 0.690. The number of hydrogen-bond acceptors (Lipinski definition) is 1. The molecule has 0 atom stereocenters. The molecule has 1 nitrogen and oxygen atoms in total. The number of benzene rings is 2. The van der Waals surface area contributed by atoms with Crippen molar-refractivity contribution in [3.63, 3.8) is 0 Å². The lowest BCUT2D eigenvalue weighted by Crippen LogP contribution is -1.92. The average Bonchev–Trinajstić information content (AvgIpc) is 2.52. The van der Waals surface area contributed by atoms with E-state index in [1.54, 1.807) is 0 Å². The van der Waals surface area contributed by atoms with Crippen molar-refractivity contribution in [3.05, 3.63) is 83.9 Å². The second-order valence-corrected chi connectivity index (χ2v) is 4.85. The highest BCUT2D eigenvalue weighted by atomic mass is 16.5. The fraction of sp³-hybridized carbons (Fsp3) is 0.263. The molecule has 0 bridgehead atoms. The predicted octanol–water partition coefficient (Wildman–Crippen LogP) is 4.78. The summed E-state index contributed by atoms with van der Waals surface area (Å²) in [7, 11) is 0. The highest BCUT2D eigenvalue weighted by Crippen LogP contribution is 2.05. The molecule has 0 aliphatic heterocycles. The van der Waals surface area contributed by atoms with E-state index in [2.05, 4.69) is 54.6 Å². The predicted molar refractivity (Wildman–Crippen MR) is 84.6 cm³/mol. The summed E-state index contributed by atoms with van der Waals surface area (Å²) in [6.07, 6.45) is 7.79. The van der Waals surface area contributed by atoms with Crippen LogP contribution in [0.3, 0.4) is 0 Å². The Morgan fingerprint density at radius 1 is 0.750 bits per heavy atom. The van der Waals surface area contributed by atoms with E-state index in [0.717, 1.165) is 12.8 Å². The number of rotatable bonds is 8. The van der Waals surface area contributed by atoms with Crippen LogP contribution in [0.4, 0.5) is 0 Å². The summed E-state index contributed by atoms with van der Waals surface area (Å²) in [5.41, 5.74) is 2.64. The Morgan fingerprint density at radius 2 is 1.40 bits per heavy atom. The zero-order chi connectivity index (χ0) is 13.9. The fourth-order valence-electron chi connectivity index (χ4n) is 2.07. The van der Waals surface area contributed by atoms with Crippen molar-refractivity contribution >= 4 is 0 Å². The van der Waals surface area contributed by atoms with Crippen molar-refractivity contribution in [2.45, 2.75) is 25.9 Å². The van der Waals surface area contributed by atoms with E-state index in [0.29, 0.717) is 13.2 Å². The first-order valence-electron chi connectivity index (χ1n) is 7.26. The molecule has 0 aromatic heterocycles. The first kappa shape index (κ1) is 14.5.